The van der Waals surface area contributed by atoms with E-state index in [0.29, 0.717) is 33.1 Å². The van der Waals surface area contributed by atoms with Crippen molar-refractivity contribution < 1.29 is 9.15 Å². The molecular formula is C24H22Cl2N2O2. The molecule has 1 N–H and O–H groups in total. The maximum atomic E-state index is 6.42. The van der Waals surface area contributed by atoms with E-state index in [1.807, 2.05) is 82.3 Å². The summed E-state index contributed by atoms with van der Waals surface area (Å²) in [6.45, 7) is 7.94. The topological polar surface area (TPSA) is 51.0 Å². The predicted octanol–water partition coefficient (Wildman–Crippen LogP) is 7.80. The molecule has 30 heavy (non-hydrogen) atoms. The normalized spacial score (nSPS) is 11.7. The average molecular weight is 441 g/mol. The highest BCUT2D eigenvalue weighted by atomic mass is 35.5. The summed E-state index contributed by atoms with van der Waals surface area (Å²) in [6.07, 6.45) is 0. The number of aromatic amines is 1. The standard InChI is InChI=1S/C24H22Cl2N2O2/c1-14-22(15-5-8-17(25)9-6-15)28-23(27-14)21-12-11-19(29-21)16-7-10-20(18(26)13-16)30-24(2,3)4/h5-13H,1-4H3,(H,27,28). The highest BCUT2D eigenvalue weighted by Crippen LogP contribution is 2.35. The minimum atomic E-state index is -0.318. The monoisotopic (exact) mass is 440 g/mol. The van der Waals surface area contributed by atoms with Crippen molar-refractivity contribution in [3.05, 3.63) is 70.3 Å². The number of hydrogen-bond donors (Lipinski definition) is 1. The molecule has 4 nitrogen and oxygen atoms in total. The Labute approximate surface area is 185 Å². The number of furan rings is 1. The predicted molar refractivity (Wildman–Crippen MR) is 122 cm³/mol. The molecular weight excluding hydrogens is 419 g/mol. The molecule has 6 heteroatoms. The summed E-state index contributed by atoms with van der Waals surface area (Å²) in [5.74, 6) is 2.67. The highest BCUT2D eigenvalue weighted by molar-refractivity contribution is 6.32. The van der Waals surface area contributed by atoms with E-state index in [1.165, 1.54) is 0 Å². The van der Waals surface area contributed by atoms with E-state index in [1.54, 1.807) is 0 Å². The van der Waals surface area contributed by atoms with E-state index in [2.05, 4.69) is 4.98 Å². The largest absolute Gasteiger partial charge is 0.487 e. The van der Waals surface area contributed by atoms with Crippen LogP contribution in [-0.2, 0) is 0 Å². The summed E-state index contributed by atoms with van der Waals surface area (Å²) in [5, 5.41) is 1.24. The SMILES string of the molecule is Cc1[nH]c(-c2ccc(-c3ccc(OC(C)(C)C)c(Cl)c3)o2)nc1-c1ccc(Cl)cc1. The van der Waals surface area contributed by atoms with Gasteiger partial charge in [-0.25, -0.2) is 4.98 Å². The van der Waals surface area contributed by atoms with Gasteiger partial charge in [-0.2, -0.15) is 0 Å². The van der Waals surface area contributed by atoms with Gasteiger partial charge in [0.15, 0.2) is 11.6 Å². The molecule has 4 rings (SSSR count). The van der Waals surface area contributed by atoms with E-state index in [-0.39, 0.29) is 5.60 Å². The average Bonchev–Trinajstić information content (AvgIpc) is 3.30. The Morgan fingerprint density at radius 2 is 1.57 bits per heavy atom. The summed E-state index contributed by atoms with van der Waals surface area (Å²) in [5.41, 5.74) is 3.37. The quantitative estimate of drug-likeness (QED) is 0.352. The molecule has 0 aliphatic carbocycles. The Balaban J connectivity index is 1.61. The van der Waals surface area contributed by atoms with Gasteiger partial charge in [0.2, 0.25) is 0 Å². The van der Waals surface area contributed by atoms with Crippen LogP contribution in [0.5, 0.6) is 5.75 Å². The maximum absolute atomic E-state index is 6.42. The lowest BCUT2D eigenvalue weighted by atomic mass is 10.1. The van der Waals surface area contributed by atoms with Crippen molar-refractivity contribution >= 4 is 23.2 Å². The summed E-state index contributed by atoms with van der Waals surface area (Å²) in [7, 11) is 0. The Kier molecular flexibility index (Phi) is 5.39. The van der Waals surface area contributed by atoms with Crippen LogP contribution in [-0.4, -0.2) is 15.6 Å². The van der Waals surface area contributed by atoms with Crippen LogP contribution in [0.3, 0.4) is 0 Å². The molecule has 0 saturated heterocycles. The Morgan fingerprint density at radius 3 is 2.23 bits per heavy atom. The molecule has 0 saturated carbocycles. The van der Waals surface area contributed by atoms with Crippen LogP contribution < -0.4 is 4.74 Å². The van der Waals surface area contributed by atoms with E-state index in [4.69, 9.17) is 37.3 Å². The van der Waals surface area contributed by atoms with Gasteiger partial charge in [0.25, 0.3) is 0 Å². The first-order chi connectivity index (χ1) is 14.2. The molecule has 0 aliphatic heterocycles. The van der Waals surface area contributed by atoms with E-state index in [9.17, 15) is 0 Å². The molecule has 2 aromatic carbocycles. The first-order valence-corrected chi connectivity index (χ1v) is 10.4. The van der Waals surface area contributed by atoms with Crippen molar-refractivity contribution in [2.75, 3.05) is 0 Å². The molecule has 2 aromatic heterocycles. The molecule has 0 fully saturated rings. The van der Waals surface area contributed by atoms with Crippen molar-refractivity contribution in [2.45, 2.75) is 33.3 Å². The van der Waals surface area contributed by atoms with Gasteiger partial charge in [-0.15, -0.1) is 0 Å². The zero-order valence-corrected chi connectivity index (χ0v) is 18.7. The molecule has 0 unspecified atom stereocenters. The third-order valence-corrected chi connectivity index (χ3v) is 5.02. The molecule has 0 bridgehead atoms. The second kappa shape index (κ2) is 7.86. The third-order valence-electron chi connectivity index (χ3n) is 4.47. The maximum Gasteiger partial charge on any atom is 0.174 e. The number of rotatable bonds is 4. The van der Waals surface area contributed by atoms with Crippen molar-refractivity contribution in [3.8, 4) is 39.9 Å². The number of nitrogens with zero attached hydrogens (tertiary/aromatic N) is 1. The lowest BCUT2D eigenvalue weighted by Crippen LogP contribution is -2.23. The summed E-state index contributed by atoms with van der Waals surface area (Å²) >= 11 is 12.4. The van der Waals surface area contributed by atoms with Crippen LogP contribution in [0.25, 0.3) is 34.2 Å². The van der Waals surface area contributed by atoms with Gasteiger partial charge in [-0.1, -0.05) is 35.3 Å². The molecule has 0 aliphatic rings. The van der Waals surface area contributed by atoms with Crippen molar-refractivity contribution in [1.29, 1.82) is 0 Å². The first kappa shape index (κ1) is 20.6. The fraction of sp³-hybridized carbons (Fsp3) is 0.208. The molecule has 0 radical (unpaired) electrons. The second-order valence-corrected chi connectivity index (χ2v) is 8.93. The van der Waals surface area contributed by atoms with Crippen LogP contribution in [0, 0.1) is 6.92 Å². The molecule has 154 valence electrons. The van der Waals surface area contributed by atoms with Gasteiger partial charge >= 0.3 is 0 Å². The number of benzene rings is 2. The van der Waals surface area contributed by atoms with Gasteiger partial charge in [0, 0.05) is 21.8 Å². The zero-order chi connectivity index (χ0) is 21.5. The van der Waals surface area contributed by atoms with E-state index in [0.717, 1.165) is 22.5 Å². The summed E-state index contributed by atoms with van der Waals surface area (Å²) < 4.78 is 11.9. The van der Waals surface area contributed by atoms with Crippen LogP contribution >= 0.6 is 23.2 Å². The highest BCUT2D eigenvalue weighted by Gasteiger charge is 2.17. The van der Waals surface area contributed by atoms with Gasteiger partial charge < -0.3 is 14.1 Å². The number of nitrogens with one attached hydrogen (secondary N) is 1. The van der Waals surface area contributed by atoms with Gasteiger partial charge in [-0.3, -0.25) is 0 Å². The van der Waals surface area contributed by atoms with E-state index < -0.39 is 0 Å². The number of H-pyrrole nitrogens is 1. The van der Waals surface area contributed by atoms with Crippen molar-refractivity contribution in [1.82, 2.24) is 9.97 Å². The second-order valence-electron chi connectivity index (χ2n) is 8.09. The van der Waals surface area contributed by atoms with Crippen LogP contribution in [0.4, 0.5) is 0 Å². The fourth-order valence-electron chi connectivity index (χ4n) is 3.15. The van der Waals surface area contributed by atoms with E-state index >= 15 is 0 Å². The van der Waals surface area contributed by atoms with Gasteiger partial charge in [0.1, 0.15) is 17.1 Å². The van der Waals surface area contributed by atoms with Crippen LogP contribution in [0.2, 0.25) is 10.0 Å². The zero-order valence-electron chi connectivity index (χ0n) is 17.2. The lowest BCUT2D eigenvalue weighted by molar-refractivity contribution is 0.131. The van der Waals surface area contributed by atoms with Crippen molar-refractivity contribution in [2.24, 2.45) is 0 Å². The van der Waals surface area contributed by atoms with Gasteiger partial charge in [0.05, 0.1) is 10.7 Å². The number of hydrogen-bond acceptors (Lipinski definition) is 3. The minimum Gasteiger partial charge on any atom is -0.487 e. The summed E-state index contributed by atoms with van der Waals surface area (Å²) in [6, 6.07) is 17.1. The molecule has 0 amide bonds. The third kappa shape index (κ3) is 4.40. The number of ether oxygens (including phenoxy) is 1. The Hall–Kier alpha value is -2.69. The lowest BCUT2D eigenvalue weighted by Gasteiger charge is -2.22. The molecule has 0 atom stereocenters. The number of imidazole rings is 1. The molecule has 2 heterocycles. The fourth-order valence-corrected chi connectivity index (χ4v) is 3.50. The molecule has 4 aromatic rings. The van der Waals surface area contributed by atoms with Crippen LogP contribution in [0.1, 0.15) is 26.5 Å². The van der Waals surface area contributed by atoms with Crippen LogP contribution in [0.15, 0.2) is 59.0 Å². The molecule has 0 spiro atoms. The summed E-state index contributed by atoms with van der Waals surface area (Å²) in [4.78, 5) is 8.02. The number of aromatic nitrogens is 2. The number of aryl methyl sites for hydroxylation is 1. The smallest absolute Gasteiger partial charge is 0.174 e. The minimum absolute atomic E-state index is 0.318. The Bertz CT molecular complexity index is 1180. The first-order valence-electron chi connectivity index (χ1n) is 9.61. The van der Waals surface area contributed by atoms with Crippen molar-refractivity contribution in [3.63, 3.8) is 0 Å². The van der Waals surface area contributed by atoms with Gasteiger partial charge in [-0.05, 0) is 70.2 Å². The number of halogens is 2. The Morgan fingerprint density at radius 1 is 0.900 bits per heavy atom.